The molecule has 0 aromatic heterocycles. The molecule has 0 saturated heterocycles. The van der Waals surface area contributed by atoms with Crippen LogP contribution in [0.15, 0.2) is 42.5 Å². The second-order valence-electron chi connectivity index (χ2n) is 5.29. The van der Waals surface area contributed by atoms with Crippen LogP contribution >= 0.6 is 0 Å². The lowest BCUT2D eigenvalue weighted by Crippen LogP contribution is -2.21. The summed E-state index contributed by atoms with van der Waals surface area (Å²) in [4.78, 5) is 34.3. The third-order valence-corrected chi connectivity index (χ3v) is 3.51. The Labute approximate surface area is 149 Å². The van der Waals surface area contributed by atoms with Gasteiger partial charge >= 0.3 is 5.97 Å². The number of rotatable bonds is 7. The largest absolute Gasteiger partial charge is 0.494 e. The van der Waals surface area contributed by atoms with Crippen molar-refractivity contribution >= 4 is 23.3 Å². The Bertz CT molecular complexity index is 817. The van der Waals surface area contributed by atoms with Gasteiger partial charge in [-0.15, -0.1) is 0 Å². The van der Waals surface area contributed by atoms with E-state index in [0.29, 0.717) is 18.0 Å². The van der Waals surface area contributed by atoms with Crippen molar-refractivity contribution in [2.45, 2.75) is 13.8 Å². The van der Waals surface area contributed by atoms with Crippen molar-refractivity contribution in [1.29, 1.82) is 0 Å². The number of hydrogen-bond acceptors (Lipinski definition) is 6. The summed E-state index contributed by atoms with van der Waals surface area (Å²) in [5, 5.41) is 13.5. The number of carbonyl (C=O) groups is 2. The van der Waals surface area contributed by atoms with Crippen molar-refractivity contribution in [1.82, 2.24) is 0 Å². The first-order valence-corrected chi connectivity index (χ1v) is 7.86. The van der Waals surface area contributed by atoms with Crippen molar-refractivity contribution < 1.29 is 24.0 Å². The Kier molecular flexibility index (Phi) is 6.26. The van der Waals surface area contributed by atoms with Crippen LogP contribution in [-0.2, 0) is 9.53 Å². The van der Waals surface area contributed by atoms with Gasteiger partial charge in [0.15, 0.2) is 6.61 Å². The number of anilines is 1. The Morgan fingerprint density at radius 2 is 1.85 bits per heavy atom. The third-order valence-electron chi connectivity index (χ3n) is 3.51. The summed E-state index contributed by atoms with van der Waals surface area (Å²) in [7, 11) is 0. The van der Waals surface area contributed by atoms with Crippen LogP contribution in [0.5, 0.6) is 5.75 Å². The minimum atomic E-state index is -0.798. The molecule has 2 aromatic carbocycles. The van der Waals surface area contributed by atoms with Gasteiger partial charge in [-0.2, -0.15) is 0 Å². The molecule has 0 bridgehead atoms. The molecule has 0 atom stereocenters. The second-order valence-corrected chi connectivity index (χ2v) is 5.29. The molecule has 0 aliphatic rings. The molecule has 0 saturated carbocycles. The Balaban J connectivity index is 1.94. The first-order chi connectivity index (χ1) is 12.4. The van der Waals surface area contributed by atoms with Crippen LogP contribution in [-0.4, -0.2) is 30.0 Å². The number of esters is 1. The number of ether oxygens (including phenoxy) is 2. The maximum atomic E-state index is 12.1. The van der Waals surface area contributed by atoms with Crippen molar-refractivity contribution in [3.63, 3.8) is 0 Å². The molecule has 136 valence electrons. The maximum Gasteiger partial charge on any atom is 0.339 e. The van der Waals surface area contributed by atoms with Gasteiger partial charge < -0.3 is 14.8 Å². The lowest BCUT2D eigenvalue weighted by Gasteiger charge is -2.09. The highest BCUT2D eigenvalue weighted by atomic mass is 16.6. The predicted octanol–water partition coefficient (Wildman–Crippen LogP) is 3.10. The highest BCUT2D eigenvalue weighted by molar-refractivity contribution is 5.96. The number of carbonyl (C=O) groups excluding carboxylic acids is 2. The fourth-order valence-corrected chi connectivity index (χ4v) is 2.25. The number of hydrogen-bond donors (Lipinski definition) is 1. The molecule has 1 amide bonds. The van der Waals surface area contributed by atoms with E-state index in [2.05, 4.69) is 5.32 Å². The standard InChI is InChI=1S/C18H18N2O6/c1-3-25-14-9-7-13(8-10-14)19-17(21)11-26-18(22)15-5-4-6-16(12(15)2)20(23)24/h4-10H,3,11H2,1-2H3,(H,19,21). The van der Waals surface area contributed by atoms with Gasteiger partial charge in [-0.1, -0.05) is 6.07 Å². The molecule has 0 unspecified atom stereocenters. The quantitative estimate of drug-likeness (QED) is 0.463. The van der Waals surface area contributed by atoms with E-state index >= 15 is 0 Å². The van der Waals surface area contributed by atoms with Gasteiger partial charge in [0.05, 0.1) is 17.1 Å². The van der Waals surface area contributed by atoms with E-state index in [-0.39, 0.29) is 16.8 Å². The third kappa shape index (κ3) is 4.79. The monoisotopic (exact) mass is 358 g/mol. The summed E-state index contributed by atoms with van der Waals surface area (Å²) in [6.45, 7) is 3.36. The SMILES string of the molecule is CCOc1ccc(NC(=O)COC(=O)c2cccc([N+](=O)[O-])c2C)cc1. The number of amides is 1. The van der Waals surface area contributed by atoms with Crippen LogP contribution in [0.1, 0.15) is 22.8 Å². The van der Waals surface area contributed by atoms with E-state index < -0.39 is 23.4 Å². The number of nitrogens with one attached hydrogen (secondary N) is 1. The molecule has 0 aliphatic carbocycles. The summed E-state index contributed by atoms with van der Waals surface area (Å²) >= 11 is 0. The van der Waals surface area contributed by atoms with Crippen molar-refractivity contribution in [2.24, 2.45) is 0 Å². The van der Waals surface area contributed by atoms with Crippen molar-refractivity contribution in [2.75, 3.05) is 18.5 Å². The van der Waals surface area contributed by atoms with Crippen LogP contribution in [0.25, 0.3) is 0 Å². The molecule has 26 heavy (non-hydrogen) atoms. The zero-order chi connectivity index (χ0) is 19.1. The lowest BCUT2D eigenvalue weighted by atomic mass is 10.1. The molecule has 0 aliphatic heterocycles. The summed E-state index contributed by atoms with van der Waals surface area (Å²) in [6, 6.07) is 10.8. The highest BCUT2D eigenvalue weighted by Gasteiger charge is 2.19. The number of nitrogens with zero attached hydrogens (tertiary/aromatic N) is 1. The summed E-state index contributed by atoms with van der Waals surface area (Å²) in [5.74, 6) is -0.642. The molecule has 2 rings (SSSR count). The number of nitro groups is 1. The molecule has 8 nitrogen and oxygen atoms in total. The molecule has 8 heteroatoms. The zero-order valence-electron chi connectivity index (χ0n) is 14.4. The fraction of sp³-hybridized carbons (Fsp3) is 0.222. The summed E-state index contributed by atoms with van der Waals surface area (Å²) in [5.41, 5.74) is 0.585. The first-order valence-electron chi connectivity index (χ1n) is 7.86. The van der Waals surface area contributed by atoms with Gasteiger partial charge in [0.2, 0.25) is 0 Å². The van der Waals surface area contributed by atoms with Gasteiger partial charge in [-0.25, -0.2) is 4.79 Å². The fourth-order valence-electron chi connectivity index (χ4n) is 2.25. The van der Waals surface area contributed by atoms with Gasteiger partial charge in [0.1, 0.15) is 5.75 Å². The van der Waals surface area contributed by atoms with E-state index in [1.165, 1.54) is 25.1 Å². The average molecular weight is 358 g/mol. The highest BCUT2D eigenvalue weighted by Crippen LogP contribution is 2.21. The first kappa shape index (κ1) is 18.9. The van der Waals surface area contributed by atoms with Crippen molar-refractivity contribution in [3.05, 3.63) is 63.7 Å². The van der Waals surface area contributed by atoms with E-state index in [0.717, 1.165) is 0 Å². The van der Waals surface area contributed by atoms with Crippen LogP contribution in [0, 0.1) is 17.0 Å². The lowest BCUT2D eigenvalue weighted by molar-refractivity contribution is -0.385. The predicted molar refractivity (Wildman–Crippen MR) is 94.4 cm³/mol. The zero-order valence-corrected chi connectivity index (χ0v) is 14.4. The molecule has 2 aromatic rings. The van der Waals surface area contributed by atoms with Gasteiger partial charge in [-0.3, -0.25) is 14.9 Å². The number of nitro benzene ring substituents is 1. The Morgan fingerprint density at radius 3 is 2.46 bits per heavy atom. The second kappa shape index (κ2) is 8.61. The summed E-state index contributed by atoms with van der Waals surface area (Å²) in [6.07, 6.45) is 0. The van der Waals surface area contributed by atoms with E-state index in [4.69, 9.17) is 9.47 Å². The minimum Gasteiger partial charge on any atom is -0.494 e. The molecule has 0 radical (unpaired) electrons. The van der Waals surface area contributed by atoms with Gasteiger partial charge in [0.25, 0.3) is 11.6 Å². The minimum absolute atomic E-state index is 0.0491. The molecule has 1 N–H and O–H groups in total. The Hall–Kier alpha value is -3.42. The normalized spacial score (nSPS) is 10.1. The number of benzene rings is 2. The van der Waals surface area contributed by atoms with Gasteiger partial charge in [-0.05, 0) is 44.2 Å². The van der Waals surface area contributed by atoms with Gasteiger partial charge in [0, 0.05) is 17.3 Å². The topological polar surface area (TPSA) is 108 Å². The summed E-state index contributed by atoms with van der Waals surface area (Å²) < 4.78 is 10.2. The molecule has 0 fully saturated rings. The van der Waals surface area contributed by atoms with Crippen molar-refractivity contribution in [3.8, 4) is 5.75 Å². The van der Waals surface area contributed by atoms with E-state index in [1.807, 2.05) is 6.92 Å². The molecule has 0 heterocycles. The van der Waals surface area contributed by atoms with Crippen LogP contribution in [0.4, 0.5) is 11.4 Å². The van der Waals surface area contributed by atoms with Crippen LogP contribution in [0.2, 0.25) is 0 Å². The van der Waals surface area contributed by atoms with E-state index in [1.54, 1.807) is 24.3 Å². The average Bonchev–Trinajstić information content (AvgIpc) is 2.61. The maximum absolute atomic E-state index is 12.1. The molecular weight excluding hydrogens is 340 g/mol. The van der Waals surface area contributed by atoms with Crippen LogP contribution < -0.4 is 10.1 Å². The van der Waals surface area contributed by atoms with Crippen LogP contribution in [0.3, 0.4) is 0 Å². The molecular formula is C18H18N2O6. The smallest absolute Gasteiger partial charge is 0.339 e. The molecule has 0 spiro atoms. The Morgan fingerprint density at radius 1 is 1.15 bits per heavy atom. The van der Waals surface area contributed by atoms with E-state index in [9.17, 15) is 19.7 Å².